The molecule has 0 saturated carbocycles. The molecule has 0 spiro atoms. The average molecular weight is 533 g/mol. The SMILES string of the molecule is Cc1ccc(N(C(=O)/C=C/c2ccc(SC(F)F)cc2)C(=O)/C=C/c2ccc(SC(F)F)cc2)nc1. The summed E-state index contributed by atoms with van der Waals surface area (Å²) < 4.78 is 49.9. The Kier molecular flexibility index (Phi) is 9.89. The van der Waals surface area contributed by atoms with Crippen LogP contribution in [0.2, 0.25) is 0 Å². The van der Waals surface area contributed by atoms with Gasteiger partial charge in [0.25, 0.3) is 23.3 Å². The first-order valence-corrected chi connectivity index (χ1v) is 12.2. The summed E-state index contributed by atoms with van der Waals surface area (Å²) in [6, 6.07) is 15.6. The Labute approximate surface area is 214 Å². The van der Waals surface area contributed by atoms with Crippen LogP contribution in [0.25, 0.3) is 12.2 Å². The molecule has 3 aromatic rings. The lowest BCUT2D eigenvalue weighted by Crippen LogP contribution is -2.35. The molecule has 4 nitrogen and oxygen atoms in total. The summed E-state index contributed by atoms with van der Waals surface area (Å²) in [5, 5.41) is 0. The van der Waals surface area contributed by atoms with Crippen molar-refractivity contribution in [1.29, 1.82) is 0 Å². The molecule has 0 fully saturated rings. The number of carbonyl (C=O) groups excluding carboxylic acids is 2. The van der Waals surface area contributed by atoms with Gasteiger partial charge < -0.3 is 0 Å². The van der Waals surface area contributed by atoms with E-state index < -0.39 is 23.3 Å². The zero-order chi connectivity index (χ0) is 26.1. The molecule has 186 valence electrons. The molecule has 2 aromatic carbocycles. The van der Waals surface area contributed by atoms with E-state index in [-0.39, 0.29) is 5.82 Å². The Hall–Kier alpha value is -3.37. The fraction of sp³-hybridized carbons (Fsp3) is 0.115. The number of benzene rings is 2. The number of hydrogen-bond acceptors (Lipinski definition) is 5. The topological polar surface area (TPSA) is 50.3 Å². The first-order chi connectivity index (χ1) is 17.2. The molecular formula is C26H20F4N2O2S2. The molecule has 0 atom stereocenters. The van der Waals surface area contributed by atoms with Crippen LogP contribution in [-0.4, -0.2) is 28.3 Å². The van der Waals surface area contributed by atoms with Crippen LogP contribution in [0.3, 0.4) is 0 Å². The van der Waals surface area contributed by atoms with Crippen LogP contribution in [0.4, 0.5) is 23.4 Å². The monoisotopic (exact) mass is 532 g/mol. The molecule has 0 unspecified atom stereocenters. The van der Waals surface area contributed by atoms with Crippen LogP contribution in [0.1, 0.15) is 16.7 Å². The number of imide groups is 1. The third-order valence-corrected chi connectivity index (χ3v) is 6.06. The van der Waals surface area contributed by atoms with E-state index in [0.29, 0.717) is 44.4 Å². The minimum atomic E-state index is -2.53. The smallest absolute Gasteiger partial charge is 0.269 e. The van der Waals surface area contributed by atoms with Gasteiger partial charge in [0.1, 0.15) is 5.82 Å². The number of rotatable bonds is 9. The number of nitrogens with zero attached hydrogens (tertiary/aromatic N) is 2. The average Bonchev–Trinajstić information content (AvgIpc) is 2.84. The van der Waals surface area contributed by atoms with Crippen molar-refractivity contribution in [2.24, 2.45) is 0 Å². The standard InChI is InChI=1S/C26H20F4N2O2S2/c1-17-2-13-22(31-16-17)32(23(33)14-7-18-3-9-20(10-4-18)35-25(27)28)24(34)15-8-19-5-11-21(12-6-19)36-26(29)30/h2-16,25-26H,1H3/b14-7+,15-8+. The van der Waals surface area contributed by atoms with Crippen molar-refractivity contribution in [3.63, 3.8) is 0 Å². The van der Waals surface area contributed by atoms with Gasteiger partial charge in [-0.25, -0.2) is 9.88 Å². The van der Waals surface area contributed by atoms with Gasteiger partial charge in [0.05, 0.1) is 0 Å². The van der Waals surface area contributed by atoms with Crippen molar-refractivity contribution in [2.75, 3.05) is 4.90 Å². The Balaban J connectivity index is 1.78. The fourth-order valence-electron chi connectivity index (χ4n) is 2.93. The summed E-state index contributed by atoms with van der Waals surface area (Å²) in [5.41, 5.74) is 2.01. The molecule has 2 amide bonds. The Morgan fingerprint density at radius 1 is 0.750 bits per heavy atom. The number of aromatic nitrogens is 1. The summed E-state index contributed by atoms with van der Waals surface area (Å²) in [4.78, 5) is 31.8. The van der Waals surface area contributed by atoms with Gasteiger partial charge in [-0.15, -0.1) is 0 Å². The zero-order valence-electron chi connectivity index (χ0n) is 18.9. The van der Waals surface area contributed by atoms with Crippen LogP contribution < -0.4 is 4.90 Å². The molecule has 0 bridgehead atoms. The van der Waals surface area contributed by atoms with Crippen molar-refractivity contribution >= 4 is 53.3 Å². The normalized spacial score (nSPS) is 11.6. The van der Waals surface area contributed by atoms with Crippen LogP contribution in [-0.2, 0) is 9.59 Å². The molecule has 0 aliphatic rings. The lowest BCUT2D eigenvalue weighted by molar-refractivity contribution is -0.121. The van der Waals surface area contributed by atoms with E-state index in [1.54, 1.807) is 36.4 Å². The van der Waals surface area contributed by atoms with Gasteiger partial charge in [0, 0.05) is 28.1 Å². The highest BCUT2D eigenvalue weighted by Gasteiger charge is 2.21. The number of alkyl halides is 4. The second kappa shape index (κ2) is 13.1. The molecule has 1 heterocycles. The molecule has 36 heavy (non-hydrogen) atoms. The van der Waals surface area contributed by atoms with E-state index >= 15 is 0 Å². The Morgan fingerprint density at radius 2 is 1.19 bits per heavy atom. The first-order valence-electron chi connectivity index (χ1n) is 10.5. The quantitative estimate of drug-likeness (QED) is 0.164. The minimum absolute atomic E-state index is 0.122. The third kappa shape index (κ3) is 8.39. The maximum Gasteiger partial charge on any atom is 0.288 e. The molecule has 3 rings (SSSR count). The highest BCUT2D eigenvalue weighted by Crippen LogP contribution is 2.26. The maximum atomic E-state index is 13.0. The zero-order valence-corrected chi connectivity index (χ0v) is 20.5. The molecule has 10 heteroatoms. The van der Waals surface area contributed by atoms with E-state index in [1.165, 1.54) is 54.8 Å². The summed E-state index contributed by atoms with van der Waals surface area (Å²) in [5.74, 6) is -6.25. The predicted molar refractivity (Wildman–Crippen MR) is 136 cm³/mol. The van der Waals surface area contributed by atoms with Crippen molar-refractivity contribution in [3.8, 4) is 0 Å². The number of thioether (sulfide) groups is 2. The van der Waals surface area contributed by atoms with Crippen molar-refractivity contribution in [2.45, 2.75) is 28.2 Å². The number of anilines is 1. The maximum absolute atomic E-state index is 13.0. The third-order valence-electron chi connectivity index (χ3n) is 4.61. The molecule has 0 aliphatic carbocycles. The summed E-state index contributed by atoms with van der Waals surface area (Å²) in [7, 11) is 0. The largest absolute Gasteiger partial charge is 0.288 e. The van der Waals surface area contributed by atoms with E-state index in [4.69, 9.17) is 0 Å². The predicted octanol–water partition coefficient (Wildman–Crippen LogP) is 7.31. The minimum Gasteiger partial charge on any atom is -0.269 e. The van der Waals surface area contributed by atoms with Crippen LogP contribution in [0.5, 0.6) is 0 Å². The number of halogens is 4. The molecule has 0 N–H and O–H groups in total. The number of amides is 2. The highest BCUT2D eigenvalue weighted by atomic mass is 32.2. The van der Waals surface area contributed by atoms with Crippen LogP contribution >= 0.6 is 23.5 Å². The van der Waals surface area contributed by atoms with Gasteiger partial charge in [0.15, 0.2) is 0 Å². The Bertz CT molecular complexity index is 1150. The van der Waals surface area contributed by atoms with E-state index in [2.05, 4.69) is 4.98 Å². The highest BCUT2D eigenvalue weighted by molar-refractivity contribution is 7.99. The van der Waals surface area contributed by atoms with Gasteiger partial charge in [0.2, 0.25) is 0 Å². The number of carbonyl (C=O) groups is 2. The van der Waals surface area contributed by atoms with Crippen molar-refractivity contribution < 1.29 is 27.2 Å². The Morgan fingerprint density at radius 3 is 1.56 bits per heavy atom. The van der Waals surface area contributed by atoms with Crippen LogP contribution in [0.15, 0.2) is 88.8 Å². The van der Waals surface area contributed by atoms with Crippen molar-refractivity contribution in [3.05, 3.63) is 95.7 Å². The lowest BCUT2D eigenvalue weighted by Gasteiger charge is -2.16. The second-order valence-corrected chi connectivity index (χ2v) is 9.39. The number of hydrogen-bond donors (Lipinski definition) is 0. The first kappa shape index (κ1) is 27.2. The lowest BCUT2D eigenvalue weighted by atomic mass is 10.2. The van der Waals surface area contributed by atoms with E-state index in [0.717, 1.165) is 10.5 Å². The van der Waals surface area contributed by atoms with Gasteiger partial charge >= 0.3 is 0 Å². The van der Waals surface area contributed by atoms with Gasteiger partial charge in [-0.3, -0.25) is 9.59 Å². The number of aryl methyl sites for hydroxylation is 1. The summed E-state index contributed by atoms with van der Waals surface area (Å²) in [6.45, 7) is 1.82. The fourth-order valence-corrected chi connectivity index (χ4v) is 3.93. The molecule has 0 radical (unpaired) electrons. The van der Waals surface area contributed by atoms with Crippen molar-refractivity contribution in [1.82, 2.24) is 4.98 Å². The van der Waals surface area contributed by atoms with E-state index in [9.17, 15) is 27.2 Å². The van der Waals surface area contributed by atoms with Crippen LogP contribution in [0, 0.1) is 6.92 Å². The molecule has 0 saturated heterocycles. The van der Waals surface area contributed by atoms with Gasteiger partial charge in [-0.2, -0.15) is 17.6 Å². The van der Waals surface area contributed by atoms with Gasteiger partial charge in [-0.1, -0.05) is 53.9 Å². The summed E-state index contributed by atoms with van der Waals surface area (Å²) >= 11 is 0.836. The molecule has 1 aromatic heterocycles. The summed E-state index contributed by atoms with van der Waals surface area (Å²) in [6.07, 6.45) is 6.85. The van der Waals surface area contributed by atoms with E-state index in [1.807, 2.05) is 6.92 Å². The molecule has 0 aliphatic heterocycles. The molecular weight excluding hydrogens is 512 g/mol. The van der Waals surface area contributed by atoms with Gasteiger partial charge in [-0.05, 0) is 66.1 Å². The number of pyridine rings is 1. The second-order valence-electron chi connectivity index (χ2n) is 7.27.